The van der Waals surface area contributed by atoms with Gasteiger partial charge in [-0.05, 0) is 38.7 Å². The lowest BCUT2D eigenvalue weighted by Gasteiger charge is -2.38. The number of pyridine rings is 1. The summed E-state index contributed by atoms with van der Waals surface area (Å²) in [6, 6.07) is 3.17. The van der Waals surface area contributed by atoms with E-state index >= 15 is 0 Å². The number of piperazine rings is 1. The molecule has 15 heteroatoms. The van der Waals surface area contributed by atoms with E-state index in [9.17, 15) is 34.2 Å². The van der Waals surface area contributed by atoms with Crippen LogP contribution in [0.4, 0.5) is 4.79 Å². The van der Waals surface area contributed by atoms with E-state index in [1.54, 1.807) is 13.0 Å². The highest BCUT2D eigenvalue weighted by Gasteiger charge is 2.47. The minimum absolute atomic E-state index is 0.0757. The molecule has 3 amide bonds. The van der Waals surface area contributed by atoms with Gasteiger partial charge in [0.15, 0.2) is 11.5 Å². The third kappa shape index (κ3) is 6.87. The molecule has 1 aliphatic heterocycles. The Hall–Kier alpha value is -4.82. The lowest BCUT2D eigenvalue weighted by Crippen LogP contribution is -2.56. The topological polar surface area (TPSA) is 194 Å². The van der Waals surface area contributed by atoms with Crippen LogP contribution in [0, 0.1) is 0 Å². The second-order valence-corrected chi connectivity index (χ2v) is 10.5. The van der Waals surface area contributed by atoms with Gasteiger partial charge in [0.25, 0.3) is 5.91 Å². The molecule has 2 aliphatic rings. The molecule has 238 valence electrons. The van der Waals surface area contributed by atoms with Crippen LogP contribution in [0.5, 0.6) is 17.2 Å². The normalized spacial score (nSPS) is 16.3. The van der Waals surface area contributed by atoms with E-state index < -0.39 is 47.9 Å². The maximum atomic E-state index is 13.6. The van der Waals surface area contributed by atoms with Crippen LogP contribution >= 0.6 is 0 Å². The Balaban J connectivity index is 1.63. The smallest absolute Gasteiger partial charge is 0.409 e. The fourth-order valence-corrected chi connectivity index (χ4v) is 5.09. The molecule has 2 fully saturated rings. The van der Waals surface area contributed by atoms with Gasteiger partial charge in [-0.1, -0.05) is 0 Å². The van der Waals surface area contributed by atoms with Gasteiger partial charge in [0, 0.05) is 50.1 Å². The SMILES string of the molecule is CCOC(=O)N1CCN(C(=O)C(CCC(=O)O)NC(=O)c2cc(OC3(C(=O)O)CCC3)c3cc(OC)c(OC)cc3n2)CC1. The molecule has 44 heavy (non-hydrogen) atoms. The third-order valence-corrected chi connectivity index (χ3v) is 7.73. The Morgan fingerprint density at radius 3 is 2.14 bits per heavy atom. The van der Waals surface area contributed by atoms with Crippen molar-refractivity contribution in [1.82, 2.24) is 20.1 Å². The van der Waals surface area contributed by atoms with Crippen LogP contribution in [0.1, 0.15) is 49.5 Å². The minimum atomic E-state index is -1.47. The van der Waals surface area contributed by atoms with Crippen LogP contribution in [-0.4, -0.2) is 113 Å². The van der Waals surface area contributed by atoms with E-state index in [0.717, 1.165) is 0 Å². The molecule has 1 atom stereocenters. The summed E-state index contributed by atoms with van der Waals surface area (Å²) in [6.07, 6.45) is 0.129. The van der Waals surface area contributed by atoms with E-state index in [1.165, 1.54) is 36.2 Å². The van der Waals surface area contributed by atoms with Crippen molar-refractivity contribution >= 4 is 40.7 Å². The Labute approximate surface area is 253 Å². The standard InChI is InChI=1S/C29H36N4O11/c1-4-43-28(40)33-12-10-32(11-13-33)26(37)18(6-7-24(34)35)31-25(36)20-16-21(44-29(27(38)39)8-5-9-29)17-14-22(41-2)23(42-3)15-19(17)30-20/h14-16,18H,4-13H2,1-3H3,(H,31,36)(H,34,35)(H,38,39). The Bertz CT molecular complexity index is 1430. The second kappa shape index (κ2) is 13.7. The van der Waals surface area contributed by atoms with Crippen molar-refractivity contribution in [1.29, 1.82) is 0 Å². The second-order valence-electron chi connectivity index (χ2n) is 10.5. The minimum Gasteiger partial charge on any atom is -0.493 e. The van der Waals surface area contributed by atoms with Crippen molar-refractivity contribution in [3.63, 3.8) is 0 Å². The molecule has 1 aromatic heterocycles. The number of aliphatic carboxylic acids is 2. The fourth-order valence-electron chi connectivity index (χ4n) is 5.09. The molecule has 1 saturated heterocycles. The highest BCUT2D eigenvalue weighted by molar-refractivity contribution is 6.00. The highest BCUT2D eigenvalue weighted by Crippen LogP contribution is 2.41. The molecule has 0 spiro atoms. The van der Waals surface area contributed by atoms with Crippen LogP contribution in [0.25, 0.3) is 10.9 Å². The monoisotopic (exact) mass is 616 g/mol. The lowest BCUT2D eigenvalue weighted by molar-refractivity contribution is -0.163. The largest absolute Gasteiger partial charge is 0.493 e. The van der Waals surface area contributed by atoms with Gasteiger partial charge in [-0.25, -0.2) is 14.6 Å². The van der Waals surface area contributed by atoms with Crippen LogP contribution in [0.2, 0.25) is 0 Å². The molecule has 1 unspecified atom stereocenters. The van der Waals surface area contributed by atoms with Gasteiger partial charge >= 0.3 is 18.0 Å². The number of rotatable bonds is 12. The summed E-state index contributed by atoms with van der Waals surface area (Å²) >= 11 is 0. The van der Waals surface area contributed by atoms with Gasteiger partial charge < -0.3 is 44.3 Å². The molecule has 15 nitrogen and oxygen atoms in total. The molecular weight excluding hydrogens is 580 g/mol. The first-order valence-corrected chi connectivity index (χ1v) is 14.2. The van der Waals surface area contributed by atoms with Crippen LogP contribution in [0.15, 0.2) is 18.2 Å². The predicted molar refractivity (Wildman–Crippen MR) is 153 cm³/mol. The molecule has 3 N–H and O–H groups in total. The van der Waals surface area contributed by atoms with E-state index in [0.29, 0.717) is 23.3 Å². The number of carbonyl (C=O) groups excluding carboxylic acids is 3. The number of hydrogen-bond acceptors (Lipinski definition) is 10. The van der Waals surface area contributed by atoms with E-state index in [-0.39, 0.29) is 69.0 Å². The van der Waals surface area contributed by atoms with Crippen molar-refractivity contribution in [2.45, 2.75) is 50.7 Å². The molecule has 1 saturated carbocycles. The van der Waals surface area contributed by atoms with Crippen molar-refractivity contribution in [3.8, 4) is 17.2 Å². The zero-order valence-electron chi connectivity index (χ0n) is 24.8. The molecule has 0 radical (unpaired) electrons. The molecule has 1 aromatic carbocycles. The number of nitrogens with zero attached hydrogens (tertiary/aromatic N) is 3. The molecular formula is C29H36N4O11. The van der Waals surface area contributed by atoms with Crippen LogP contribution in [0.3, 0.4) is 0 Å². The number of carboxylic acid groups (broad SMARTS) is 2. The molecule has 0 bridgehead atoms. The summed E-state index contributed by atoms with van der Waals surface area (Å²) in [6.45, 7) is 2.68. The summed E-state index contributed by atoms with van der Waals surface area (Å²) in [5.41, 5.74) is -1.41. The quantitative estimate of drug-likeness (QED) is 0.314. The molecule has 4 rings (SSSR count). The van der Waals surface area contributed by atoms with Crippen molar-refractivity contribution < 1.29 is 53.1 Å². The summed E-state index contributed by atoms with van der Waals surface area (Å²) in [7, 11) is 2.87. The van der Waals surface area contributed by atoms with Gasteiger partial charge in [0.2, 0.25) is 11.5 Å². The van der Waals surface area contributed by atoms with Crippen molar-refractivity contribution in [3.05, 3.63) is 23.9 Å². The van der Waals surface area contributed by atoms with E-state index in [4.69, 9.17) is 18.9 Å². The maximum absolute atomic E-state index is 13.6. The number of aromatic nitrogens is 1. The average molecular weight is 617 g/mol. The number of fused-ring (bicyclic) bond motifs is 1. The Morgan fingerprint density at radius 2 is 1.59 bits per heavy atom. The number of carboxylic acids is 2. The third-order valence-electron chi connectivity index (χ3n) is 7.73. The number of ether oxygens (including phenoxy) is 4. The van der Waals surface area contributed by atoms with Gasteiger partial charge in [0.05, 0.1) is 26.3 Å². The summed E-state index contributed by atoms with van der Waals surface area (Å²) in [4.78, 5) is 69.9. The zero-order chi connectivity index (χ0) is 32.0. The highest BCUT2D eigenvalue weighted by atomic mass is 16.6. The van der Waals surface area contributed by atoms with Crippen molar-refractivity contribution in [2.75, 3.05) is 47.0 Å². The number of carbonyl (C=O) groups is 5. The number of amides is 3. The number of nitrogens with one attached hydrogen (secondary N) is 1. The maximum Gasteiger partial charge on any atom is 0.409 e. The molecule has 2 heterocycles. The van der Waals surface area contributed by atoms with E-state index in [1.807, 2.05) is 0 Å². The van der Waals surface area contributed by atoms with E-state index in [2.05, 4.69) is 10.3 Å². The zero-order valence-corrected chi connectivity index (χ0v) is 24.8. The fraction of sp³-hybridized carbons (Fsp3) is 0.517. The summed E-state index contributed by atoms with van der Waals surface area (Å²) < 4.78 is 21.8. The number of hydrogen-bond donors (Lipinski definition) is 3. The van der Waals surface area contributed by atoms with Gasteiger partial charge in [-0.15, -0.1) is 0 Å². The first kappa shape index (κ1) is 32.1. The van der Waals surface area contributed by atoms with Crippen LogP contribution in [-0.2, 0) is 19.1 Å². The Kier molecular flexibility index (Phi) is 9.96. The molecule has 1 aliphatic carbocycles. The van der Waals surface area contributed by atoms with Gasteiger partial charge in [0.1, 0.15) is 17.5 Å². The Morgan fingerprint density at radius 1 is 0.955 bits per heavy atom. The lowest BCUT2D eigenvalue weighted by atomic mass is 9.80. The average Bonchev–Trinajstić information content (AvgIpc) is 2.99. The number of benzene rings is 1. The summed E-state index contributed by atoms with van der Waals surface area (Å²) in [5.74, 6) is -2.86. The number of methoxy groups -OCH3 is 2. The van der Waals surface area contributed by atoms with Crippen molar-refractivity contribution in [2.24, 2.45) is 0 Å². The van der Waals surface area contributed by atoms with Gasteiger partial charge in [-0.3, -0.25) is 14.4 Å². The first-order chi connectivity index (χ1) is 21.0. The predicted octanol–water partition coefficient (Wildman–Crippen LogP) is 1.90. The first-order valence-electron chi connectivity index (χ1n) is 14.2. The summed E-state index contributed by atoms with van der Waals surface area (Å²) in [5, 5.41) is 22.1. The van der Waals surface area contributed by atoms with Gasteiger partial charge in [-0.2, -0.15) is 0 Å². The molecule has 2 aromatic rings. The van der Waals surface area contributed by atoms with Crippen LogP contribution < -0.4 is 19.5 Å².